The molecule has 3 rings (SSSR count). The van der Waals surface area contributed by atoms with Crippen LogP contribution in [-0.4, -0.2) is 29.1 Å². The van der Waals surface area contributed by atoms with Crippen molar-refractivity contribution in [2.24, 2.45) is 5.14 Å². The molecule has 0 atom stereocenters. The molecule has 3 N–H and O–H groups in total. The molecule has 0 saturated heterocycles. The molecular formula is C15H15N5O3S. The van der Waals surface area contributed by atoms with Crippen molar-refractivity contribution in [2.75, 3.05) is 5.32 Å². The topological polar surface area (TPSA) is 120 Å². The second kappa shape index (κ2) is 6.38. The normalized spacial score (nSPS) is 11.5. The van der Waals surface area contributed by atoms with E-state index in [1.54, 1.807) is 6.07 Å². The van der Waals surface area contributed by atoms with E-state index in [0.29, 0.717) is 5.82 Å². The zero-order valence-electron chi connectivity index (χ0n) is 12.6. The molecule has 124 valence electrons. The maximum absolute atomic E-state index is 12.0. The van der Waals surface area contributed by atoms with Crippen molar-refractivity contribution in [2.45, 2.75) is 17.9 Å². The number of carbonyl (C=O) groups excluding carboxylic acids is 1. The van der Waals surface area contributed by atoms with Crippen LogP contribution in [0, 0.1) is 0 Å². The van der Waals surface area contributed by atoms with Crippen LogP contribution in [0.1, 0.15) is 6.42 Å². The van der Waals surface area contributed by atoms with Crippen LogP contribution in [0.2, 0.25) is 0 Å². The first kappa shape index (κ1) is 16.1. The predicted octanol–water partition coefficient (Wildman–Crippen LogP) is 1.11. The average molecular weight is 345 g/mol. The number of rotatable bonds is 5. The summed E-state index contributed by atoms with van der Waals surface area (Å²) in [5, 5.41) is 12.6. The highest BCUT2D eigenvalue weighted by Crippen LogP contribution is 2.14. The summed E-state index contributed by atoms with van der Waals surface area (Å²) in [6, 6.07) is 11.2. The first-order chi connectivity index (χ1) is 11.4. The number of pyridine rings is 1. The predicted molar refractivity (Wildman–Crippen MR) is 88.6 cm³/mol. The molecule has 8 nitrogen and oxygen atoms in total. The summed E-state index contributed by atoms with van der Waals surface area (Å²) in [5.41, 5.74) is 0.792. The van der Waals surface area contributed by atoms with Crippen molar-refractivity contribution >= 4 is 32.7 Å². The van der Waals surface area contributed by atoms with Crippen LogP contribution in [-0.2, 0) is 21.4 Å². The number of amides is 1. The van der Waals surface area contributed by atoms with Gasteiger partial charge in [0.25, 0.3) is 0 Å². The smallest absolute Gasteiger partial charge is 0.241 e. The maximum atomic E-state index is 12.0. The van der Waals surface area contributed by atoms with Gasteiger partial charge in [0.15, 0.2) is 0 Å². The van der Waals surface area contributed by atoms with E-state index in [1.807, 2.05) is 30.3 Å². The van der Waals surface area contributed by atoms with E-state index in [0.717, 1.165) is 17.1 Å². The molecule has 9 heteroatoms. The van der Waals surface area contributed by atoms with Crippen molar-refractivity contribution in [1.29, 1.82) is 0 Å². The molecule has 24 heavy (non-hydrogen) atoms. The molecule has 0 spiro atoms. The third kappa shape index (κ3) is 3.76. The van der Waals surface area contributed by atoms with E-state index in [4.69, 9.17) is 5.14 Å². The highest BCUT2D eigenvalue weighted by Gasteiger charge is 2.11. The molecule has 0 radical (unpaired) electrons. The van der Waals surface area contributed by atoms with E-state index in [-0.39, 0.29) is 23.8 Å². The van der Waals surface area contributed by atoms with Gasteiger partial charge in [0, 0.05) is 24.5 Å². The van der Waals surface area contributed by atoms with Crippen LogP contribution in [0.3, 0.4) is 0 Å². The molecule has 0 fully saturated rings. The summed E-state index contributed by atoms with van der Waals surface area (Å²) in [4.78, 5) is 16.3. The minimum atomic E-state index is -3.78. The van der Waals surface area contributed by atoms with Crippen molar-refractivity contribution in [3.05, 3.63) is 48.8 Å². The van der Waals surface area contributed by atoms with Gasteiger partial charge in [0.05, 0.1) is 11.7 Å². The minimum absolute atomic E-state index is 0.0842. The Hall–Kier alpha value is -2.78. The van der Waals surface area contributed by atoms with Gasteiger partial charge in [-0.3, -0.25) is 9.48 Å². The van der Waals surface area contributed by atoms with Crippen molar-refractivity contribution in [3.63, 3.8) is 0 Å². The monoisotopic (exact) mass is 345 g/mol. The number of aromatic nitrogens is 3. The van der Waals surface area contributed by atoms with Crippen molar-refractivity contribution in [1.82, 2.24) is 14.8 Å². The number of primary sulfonamides is 1. The summed E-state index contributed by atoms with van der Waals surface area (Å²) in [7, 11) is -3.78. The average Bonchev–Trinajstić information content (AvgIpc) is 3.02. The molecule has 0 aliphatic carbocycles. The van der Waals surface area contributed by atoms with Crippen LogP contribution in [0.5, 0.6) is 0 Å². The lowest BCUT2D eigenvalue weighted by atomic mass is 10.2. The van der Waals surface area contributed by atoms with Crippen molar-refractivity contribution < 1.29 is 13.2 Å². The molecule has 1 aromatic carbocycles. The largest absolute Gasteiger partial charge is 0.311 e. The van der Waals surface area contributed by atoms with Gasteiger partial charge in [-0.25, -0.2) is 18.5 Å². The van der Waals surface area contributed by atoms with E-state index < -0.39 is 10.0 Å². The number of para-hydroxylation sites is 1. The Morgan fingerprint density at radius 2 is 2.00 bits per heavy atom. The second-order valence-corrected chi connectivity index (χ2v) is 6.73. The third-order valence-electron chi connectivity index (χ3n) is 3.37. The molecule has 0 aliphatic heterocycles. The summed E-state index contributed by atoms with van der Waals surface area (Å²) in [6.07, 6.45) is 2.56. The van der Waals surface area contributed by atoms with E-state index in [2.05, 4.69) is 15.4 Å². The number of aryl methyl sites for hydroxylation is 1. The van der Waals surface area contributed by atoms with Gasteiger partial charge in [-0.2, -0.15) is 5.10 Å². The fourth-order valence-corrected chi connectivity index (χ4v) is 2.63. The van der Waals surface area contributed by atoms with Crippen LogP contribution in [0.15, 0.2) is 53.7 Å². The lowest BCUT2D eigenvalue weighted by Crippen LogP contribution is -2.15. The van der Waals surface area contributed by atoms with Crippen LogP contribution >= 0.6 is 0 Å². The molecule has 2 heterocycles. The minimum Gasteiger partial charge on any atom is -0.311 e. The number of anilines is 1. The fraction of sp³-hybridized carbons (Fsp3) is 0.133. The van der Waals surface area contributed by atoms with Crippen LogP contribution in [0.25, 0.3) is 10.9 Å². The molecule has 0 unspecified atom stereocenters. The summed E-state index contributed by atoms with van der Waals surface area (Å²) in [6.45, 7) is 0.231. The van der Waals surface area contributed by atoms with Gasteiger partial charge < -0.3 is 5.32 Å². The van der Waals surface area contributed by atoms with Gasteiger partial charge in [0.2, 0.25) is 15.9 Å². The zero-order chi connectivity index (χ0) is 17.2. The first-order valence-corrected chi connectivity index (χ1v) is 8.67. The Morgan fingerprint density at radius 3 is 2.75 bits per heavy atom. The summed E-state index contributed by atoms with van der Waals surface area (Å²) >= 11 is 0. The Bertz CT molecular complexity index is 997. The Balaban J connectivity index is 1.61. The first-order valence-electron chi connectivity index (χ1n) is 7.13. The number of benzene rings is 1. The number of fused-ring (bicyclic) bond motifs is 1. The summed E-state index contributed by atoms with van der Waals surface area (Å²) < 4.78 is 23.7. The number of hydrogen-bond donors (Lipinski definition) is 2. The van der Waals surface area contributed by atoms with Gasteiger partial charge >= 0.3 is 0 Å². The SMILES string of the molecule is NS(=O)(=O)c1cnn(CCC(=O)Nc2ccc3ccccc3n2)c1. The standard InChI is InChI=1S/C15H15N5O3S/c16-24(22,23)12-9-17-20(10-12)8-7-15(21)19-14-6-5-11-3-1-2-4-13(11)18-14/h1-6,9-10H,7-8H2,(H2,16,22,23)(H,18,19,21). The number of nitrogens with zero attached hydrogens (tertiary/aromatic N) is 3. The maximum Gasteiger partial charge on any atom is 0.241 e. The Morgan fingerprint density at radius 1 is 1.21 bits per heavy atom. The molecule has 0 saturated carbocycles. The number of hydrogen-bond acceptors (Lipinski definition) is 5. The fourth-order valence-electron chi connectivity index (χ4n) is 2.17. The summed E-state index contributed by atoms with van der Waals surface area (Å²) in [5.74, 6) is 0.217. The Labute approximate surface area is 138 Å². The van der Waals surface area contributed by atoms with E-state index in [1.165, 1.54) is 10.9 Å². The second-order valence-electron chi connectivity index (χ2n) is 5.17. The third-order valence-corrected chi connectivity index (χ3v) is 4.24. The molecule has 1 amide bonds. The molecule has 2 aromatic heterocycles. The molecule has 3 aromatic rings. The zero-order valence-corrected chi connectivity index (χ0v) is 13.4. The lowest BCUT2D eigenvalue weighted by Gasteiger charge is -2.06. The Kier molecular flexibility index (Phi) is 4.28. The molecule has 0 aliphatic rings. The van der Waals surface area contributed by atoms with Crippen LogP contribution in [0.4, 0.5) is 5.82 Å². The molecular weight excluding hydrogens is 330 g/mol. The lowest BCUT2D eigenvalue weighted by molar-refractivity contribution is -0.116. The van der Waals surface area contributed by atoms with Gasteiger partial charge in [-0.1, -0.05) is 18.2 Å². The van der Waals surface area contributed by atoms with E-state index >= 15 is 0 Å². The highest BCUT2D eigenvalue weighted by atomic mass is 32.2. The van der Waals surface area contributed by atoms with Crippen molar-refractivity contribution in [3.8, 4) is 0 Å². The number of sulfonamides is 1. The van der Waals surface area contributed by atoms with Gasteiger partial charge in [-0.05, 0) is 18.2 Å². The number of nitrogens with one attached hydrogen (secondary N) is 1. The van der Waals surface area contributed by atoms with Gasteiger partial charge in [0.1, 0.15) is 10.7 Å². The molecule has 0 bridgehead atoms. The number of carbonyl (C=O) groups is 1. The quantitative estimate of drug-likeness (QED) is 0.717. The van der Waals surface area contributed by atoms with Crippen LogP contribution < -0.4 is 10.5 Å². The van der Waals surface area contributed by atoms with Gasteiger partial charge in [-0.15, -0.1) is 0 Å². The highest BCUT2D eigenvalue weighted by molar-refractivity contribution is 7.89. The van der Waals surface area contributed by atoms with E-state index in [9.17, 15) is 13.2 Å². The number of nitrogens with two attached hydrogens (primary N) is 1.